The molecule has 0 atom stereocenters. The number of aromatic nitrogens is 2. The van der Waals surface area contributed by atoms with E-state index in [1.807, 2.05) is 0 Å². The zero-order valence-corrected chi connectivity index (χ0v) is 24.6. The fourth-order valence-electron chi connectivity index (χ4n) is 3.00. The largest absolute Gasteiger partial charge is 1.00 e. The number of benzene rings is 3. The zero-order chi connectivity index (χ0) is 24.5. The predicted octanol–water partition coefficient (Wildman–Crippen LogP) is -2.47. The van der Waals surface area contributed by atoms with Crippen molar-refractivity contribution in [2.24, 2.45) is 0 Å². The van der Waals surface area contributed by atoms with Crippen molar-refractivity contribution in [1.82, 2.24) is 10.2 Å². The van der Waals surface area contributed by atoms with Crippen molar-refractivity contribution in [3.8, 4) is 22.9 Å². The van der Waals surface area contributed by atoms with Crippen molar-refractivity contribution in [3.05, 3.63) is 83.7 Å². The molecule has 0 unspecified atom stereocenters. The van der Waals surface area contributed by atoms with Gasteiger partial charge in [0, 0.05) is 11.1 Å². The third-order valence-corrected chi connectivity index (χ3v) is 6.40. The van der Waals surface area contributed by atoms with Crippen LogP contribution in [0.25, 0.3) is 35.1 Å². The predicted molar refractivity (Wildman–Crippen MR) is 116 cm³/mol. The Labute approximate surface area is 250 Å². The van der Waals surface area contributed by atoms with Gasteiger partial charge in [0.05, 0.1) is 9.79 Å². The first-order valence-corrected chi connectivity index (χ1v) is 12.3. The van der Waals surface area contributed by atoms with Gasteiger partial charge >= 0.3 is 59.1 Å². The maximum atomic E-state index is 13.1. The molecule has 0 bridgehead atoms. The molecule has 0 saturated heterocycles. The number of nitrogens with zero attached hydrogens (tertiary/aromatic N) is 2. The van der Waals surface area contributed by atoms with Crippen molar-refractivity contribution < 1.29 is 93.9 Å². The molecule has 0 fully saturated rings. The molecule has 0 radical (unpaired) electrons. The van der Waals surface area contributed by atoms with Crippen LogP contribution in [0.15, 0.2) is 80.9 Å². The van der Waals surface area contributed by atoms with E-state index in [4.69, 9.17) is 4.42 Å². The molecular formula is C22H13FN2Na2O7S2. The monoisotopic (exact) mass is 546 g/mol. The van der Waals surface area contributed by atoms with Crippen LogP contribution < -0.4 is 59.1 Å². The minimum atomic E-state index is -5.04. The summed E-state index contributed by atoms with van der Waals surface area (Å²) in [6.07, 6.45) is 2.80. The first-order chi connectivity index (χ1) is 16.0. The number of hydrogen-bond donors (Lipinski definition) is 0. The standard InChI is InChI=1S/C22H15FN2O7S2.2Na/c23-18-10-7-17(8-11-18)22-25-24-21(32-22)16-5-2-14(3-6-16)1-4-15-9-12-19(33(26,27)28)13-20(15)34(29,30)31;;/h1-13H,(H,26,27,28)(H,29,30,31);;/q;2*+1/p-2/b4-1+;;. The number of halogens is 1. The molecular weight excluding hydrogens is 533 g/mol. The van der Waals surface area contributed by atoms with Gasteiger partial charge in [0.1, 0.15) is 26.1 Å². The number of rotatable bonds is 6. The molecule has 174 valence electrons. The van der Waals surface area contributed by atoms with E-state index in [0.29, 0.717) is 22.8 Å². The SMILES string of the molecule is O=S(=O)([O-])c1ccc(/C=C/c2ccc(-c3nnc(-c4ccc(F)cc4)o3)cc2)c(S(=O)(=O)[O-])c1.[Na+].[Na+]. The van der Waals surface area contributed by atoms with E-state index < -0.39 is 35.8 Å². The van der Waals surface area contributed by atoms with E-state index >= 15 is 0 Å². The molecule has 9 nitrogen and oxygen atoms in total. The molecule has 4 aromatic rings. The second kappa shape index (κ2) is 12.2. The van der Waals surface area contributed by atoms with Gasteiger partial charge in [-0.25, -0.2) is 21.2 Å². The Hall–Kier alpha value is -1.71. The molecule has 0 aliphatic heterocycles. The summed E-state index contributed by atoms with van der Waals surface area (Å²) in [5, 5.41) is 7.91. The second-order valence-electron chi connectivity index (χ2n) is 6.98. The van der Waals surface area contributed by atoms with E-state index in [1.54, 1.807) is 24.3 Å². The molecule has 0 aliphatic carbocycles. The maximum Gasteiger partial charge on any atom is 1.00 e. The summed E-state index contributed by atoms with van der Waals surface area (Å²) in [7, 11) is -9.97. The van der Waals surface area contributed by atoms with Crippen LogP contribution in [0.5, 0.6) is 0 Å². The van der Waals surface area contributed by atoms with Crippen LogP contribution in [-0.2, 0) is 20.2 Å². The third-order valence-electron chi connectivity index (χ3n) is 4.67. The summed E-state index contributed by atoms with van der Waals surface area (Å²) in [6, 6.07) is 14.8. The van der Waals surface area contributed by atoms with E-state index in [-0.39, 0.29) is 76.5 Å². The normalized spacial score (nSPS) is 11.6. The fourth-order valence-corrected chi connectivity index (χ4v) is 4.26. The molecule has 0 spiro atoms. The van der Waals surface area contributed by atoms with Crippen molar-refractivity contribution in [2.75, 3.05) is 0 Å². The Kier molecular flexibility index (Phi) is 10.4. The number of hydrogen-bond acceptors (Lipinski definition) is 9. The maximum absolute atomic E-state index is 13.1. The average Bonchev–Trinajstić information content (AvgIpc) is 3.27. The van der Waals surface area contributed by atoms with Crippen LogP contribution in [0.3, 0.4) is 0 Å². The first kappa shape index (κ1) is 30.5. The van der Waals surface area contributed by atoms with Crippen LogP contribution >= 0.6 is 0 Å². The van der Waals surface area contributed by atoms with Gasteiger partial charge in [-0.1, -0.05) is 30.4 Å². The van der Waals surface area contributed by atoms with Gasteiger partial charge in [-0.15, -0.1) is 10.2 Å². The molecule has 0 aliphatic rings. The summed E-state index contributed by atoms with van der Waals surface area (Å²) >= 11 is 0. The van der Waals surface area contributed by atoms with Gasteiger partial charge in [0.15, 0.2) is 0 Å². The van der Waals surface area contributed by atoms with Crippen LogP contribution in [0.1, 0.15) is 11.1 Å². The van der Waals surface area contributed by atoms with Gasteiger partial charge in [-0.3, -0.25) is 0 Å². The summed E-state index contributed by atoms with van der Waals surface area (Å²) in [6.45, 7) is 0. The Morgan fingerprint density at radius 2 is 1.25 bits per heavy atom. The van der Waals surface area contributed by atoms with Gasteiger partial charge in [-0.2, -0.15) is 0 Å². The van der Waals surface area contributed by atoms with E-state index in [9.17, 15) is 30.3 Å². The molecule has 14 heteroatoms. The molecule has 0 saturated carbocycles. The quantitative estimate of drug-likeness (QED) is 0.145. The van der Waals surface area contributed by atoms with E-state index in [0.717, 1.165) is 12.1 Å². The minimum absolute atomic E-state index is 0. The molecule has 0 amide bonds. The summed E-state index contributed by atoms with van der Waals surface area (Å²) < 4.78 is 86.7. The van der Waals surface area contributed by atoms with Gasteiger partial charge < -0.3 is 13.5 Å². The van der Waals surface area contributed by atoms with Crippen LogP contribution in [0, 0.1) is 5.82 Å². The Morgan fingerprint density at radius 3 is 1.75 bits per heavy atom. The summed E-state index contributed by atoms with van der Waals surface area (Å²) in [5.74, 6) is 0.0522. The fraction of sp³-hybridized carbons (Fsp3) is 0. The van der Waals surface area contributed by atoms with Crippen molar-refractivity contribution in [3.63, 3.8) is 0 Å². The van der Waals surface area contributed by atoms with Gasteiger partial charge in [0.25, 0.3) is 0 Å². The van der Waals surface area contributed by atoms with Crippen LogP contribution in [0.4, 0.5) is 4.39 Å². The smallest absolute Gasteiger partial charge is 0.744 e. The van der Waals surface area contributed by atoms with Gasteiger partial charge in [-0.05, 0) is 59.7 Å². The first-order valence-electron chi connectivity index (χ1n) is 9.44. The molecule has 1 aromatic heterocycles. The molecule has 36 heavy (non-hydrogen) atoms. The molecule has 3 aromatic carbocycles. The zero-order valence-electron chi connectivity index (χ0n) is 19.0. The molecule has 0 N–H and O–H groups in total. The Bertz CT molecular complexity index is 1610. The Balaban J connectivity index is 0.00000228. The van der Waals surface area contributed by atoms with Crippen molar-refractivity contribution in [2.45, 2.75) is 9.79 Å². The molecule has 1 heterocycles. The van der Waals surface area contributed by atoms with Crippen LogP contribution in [0.2, 0.25) is 0 Å². The van der Waals surface area contributed by atoms with Gasteiger partial charge in [0.2, 0.25) is 11.8 Å². The topological polar surface area (TPSA) is 153 Å². The van der Waals surface area contributed by atoms with Crippen molar-refractivity contribution in [1.29, 1.82) is 0 Å². The van der Waals surface area contributed by atoms with Crippen molar-refractivity contribution >= 4 is 32.4 Å². The molecule has 4 rings (SSSR count). The average molecular weight is 546 g/mol. The van der Waals surface area contributed by atoms with E-state index in [1.165, 1.54) is 36.4 Å². The minimum Gasteiger partial charge on any atom is -0.744 e. The third kappa shape index (κ3) is 7.42. The van der Waals surface area contributed by atoms with Crippen LogP contribution in [-0.4, -0.2) is 36.1 Å². The second-order valence-corrected chi connectivity index (χ2v) is 9.71. The Morgan fingerprint density at radius 1 is 0.722 bits per heavy atom. The van der Waals surface area contributed by atoms with E-state index in [2.05, 4.69) is 10.2 Å². The summed E-state index contributed by atoms with van der Waals surface area (Å²) in [5.41, 5.74) is 1.68. The summed E-state index contributed by atoms with van der Waals surface area (Å²) in [4.78, 5) is -1.64.